The van der Waals surface area contributed by atoms with Crippen LogP contribution >= 0.6 is 0 Å². The maximum Gasteiger partial charge on any atom is 0.158 e. The van der Waals surface area contributed by atoms with Gasteiger partial charge >= 0.3 is 0 Å². The number of rotatable bonds is 5. The second kappa shape index (κ2) is 6.93. The molecule has 0 amide bonds. The van der Waals surface area contributed by atoms with Crippen molar-refractivity contribution in [1.82, 2.24) is 19.6 Å². The van der Waals surface area contributed by atoms with Crippen molar-refractivity contribution in [1.29, 1.82) is 0 Å². The molecule has 0 bridgehead atoms. The third-order valence-corrected chi connectivity index (χ3v) is 4.19. The summed E-state index contributed by atoms with van der Waals surface area (Å²) in [7, 11) is 0. The van der Waals surface area contributed by atoms with Gasteiger partial charge in [-0.25, -0.2) is 4.98 Å². The van der Waals surface area contributed by atoms with E-state index in [0.29, 0.717) is 6.54 Å². The molecule has 0 spiro atoms. The Morgan fingerprint density at radius 1 is 1.08 bits per heavy atom. The molecule has 6 nitrogen and oxygen atoms in total. The van der Waals surface area contributed by atoms with E-state index in [9.17, 15) is 5.11 Å². The molecule has 4 aromatic rings. The summed E-state index contributed by atoms with van der Waals surface area (Å²) in [6.45, 7) is 2.29. The minimum Gasteiger partial charge on any atom is -0.387 e. The number of aryl methyl sites for hydroxylation is 1. The van der Waals surface area contributed by atoms with Crippen molar-refractivity contribution in [2.45, 2.75) is 13.0 Å². The highest BCUT2D eigenvalue weighted by Crippen LogP contribution is 2.23. The number of hydrogen-bond acceptors (Lipinski definition) is 5. The fraction of sp³-hybridized carbons (Fsp3) is 0.150. The Labute approximate surface area is 151 Å². The largest absolute Gasteiger partial charge is 0.387 e. The zero-order chi connectivity index (χ0) is 17.9. The van der Waals surface area contributed by atoms with Gasteiger partial charge in [0.05, 0.1) is 17.5 Å². The van der Waals surface area contributed by atoms with Gasteiger partial charge in [-0.15, -0.1) is 0 Å². The van der Waals surface area contributed by atoms with E-state index < -0.39 is 6.10 Å². The molecule has 2 N–H and O–H groups in total. The molecule has 0 saturated heterocycles. The SMILES string of the molecule is Cc1cc2nc(-c3ccccc3)cc(NC[C@H](O)c3ccncc3)n2n1. The Morgan fingerprint density at radius 2 is 1.85 bits per heavy atom. The van der Waals surface area contributed by atoms with Crippen LogP contribution in [0.2, 0.25) is 0 Å². The number of hydrogen-bond donors (Lipinski definition) is 2. The first-order valence-electron chi connectivity index (χ1n) is 8.45. The van der Waals surface area contributed by atoms with Crippen LogP contribution in [0.5, 0.6) is 0 Å². The fourth-order valence-corrected chi connectivity index (χ4v) is 2.88. The van der Waals surface area contributed by atoms with Crippen LogP contribution in [-0.4, -0.2) is 31.2 Å². The van der Waals surface area contributed by atoms with Crippen molar-refractivity contribution in [2.75, 3.05) is 11.9 Å². The quantitative estimate of drug-likeness (QED) is 0.581. The van der Waals surface area contributed by atoms with E-state index >= 15 is 0 Å². The zero-order valence-electron chi connectivity index (χ0n) is 14.4. The van der Waals surface area contributed by atoms with Crippen molar-refractivity contribution in [3.05, 3.63) is 78.2 Å². The summed E-state index contributed by atoms with van der Waals surface area (Å²) in [6.07, 6.45) is 2.71. The average molecular weight is 345 g/mol. The van der Waals surface area contributed by atoms with Crippen molar-refractivity contribution >= 4 is 11.5 Å². The molecule has 0 saturated carbocycles. The summed E-state index contributed by atoms with van der Waals surface area (Å²) in [4.78, 5) is 8.68. The Hall–Kier alpha value is -3.25. The van der Waals surface area contributed by atoms with E-state index in [0.717, 1.165) is 34.0 Å². The summed E-state index contributed by atoms with van der Waals surface area (Å²) >= 11 is 0. The topological polar surface area (TPSA) is 75.3 Å². The number of nitrogens with one attached hydrogen (secondary N) is 1. The maximum absolute atomic E-state index is 10.4. The smallest absolute Gasteiger partial charge is 0.158 e. The number of nitrogens with zero attached hydrogens (tertiary/aromatic N) is 4. The molecule has 3 heterocycles. The molecule has 0 aliphatic rings. The van der Waals surface area contributed by atoms with Gasteiger partial charge in [-0.05, 0) is 24.6 Å². The van der Waals surface area contributed by atoms with E-state index in [4.69, 9.17) is 4.98 Å². The molecule has 1 aromatic carbocycles. The summed E-state index contributed by atoms with van der Waals surface area (Å²) in [5.74, 6) is 0.787. The van der Waals surface area contributed by atoms with Crippen LogP contribution < -0.4 is 5.32 Å². The van der Waals surface area contributed by atoms with E-state index in [2.05, 4.69) is 15.4 Å². The first-order chi connectivity index (χ1) is 12.7. The van der Waals surface area contributed by atoms with E-state index in [1.165, 1.54) is 0 Å². The number of aromatic nitrogens is 4. The highest BCUT2D eigenvalue weighted by Gasteiger charge is 2.12. The minimum absolute atomic E-state index is 0.357. The molecule has 6 heteroatoms. The minimum atomic E-state index is -0.641. The molecule has 0 radical (unpaired) electrons. The van der Waals surface area contributed by atoms with Crippen molar-refractivity contribution in [3.8, 4) is 11.3 Å². The van der Waals surface area contributed by atoms with Crippen LogP contribution in [0.4, 0.5) is 5.82 Å². The number of anilines is 1. The molecular weight excluding hydrogens is 326 g/mol. The van der Waals surface area contributed by atoms with Crippen LogP contribution in [0, 0.1) is 6.92 Å². The third-order valence-electron chi connectivity index (χ3n) is 4.19. The Balaban J connectivity index is 1.67. The lowest BCUT2D eigenvalue weighted by molar-refractivity contribution is 0.191. The zero-order valence-corrected chi connectivity index (χ0v) is 14.4. The van der Waals surface area contributed by atoms with Gasteiger partial charge in [0.15, 0.2) is 5.65 Å². The van der Waals surface area contributed by atoms with Crippen LogP contribution in [0.3, 0.4) is 0 Å². The lowest BCUT2D eigenvalue weighted by atomic mass is 10.1. The van der Waals surface area contributed by atoms with Gasteiger partial charge in [0.1, 0.15) is 5.82 Å². The van der Waals surface area contributed by atoms with Crippen molar-refractivity contribution in [2.24, 2.45) is 0 Å². The van der Waals surface area contributed by atoms with Crippen molar-refractivity contribution in [3.63, 3.8) is 0 Å². The first kappa shape index (κ1) is 16.2. The fourth-order valence-electron chi connectivity index (χ4n) is 2.88. The lowest BCUT2D eigenvalue weighted by Gasteiger charge is -2.14. The standard InChI is InChI=1S/C20H19N5O/c1-14-11-20-23-17(15-5-3-2-4-6-15)12-19(25(20)24-14)22-13-18(26)16-7-9-21-10-8-16/h2-12,18,22,26H,13H2,1H3/t18-/m0/s1. The molecule has 26 heavy (non-hydrogen) atoms. The predicted octanol–water partition coefficient (Wildman–Crippen LogP) is 3.25. The molecule has 3 aromatic heterocycles. The molecule has 0 unspecified atom stereocenters. The van der Waals surface area contributed by atoms with Gasteiger partial charge in [0.25, 0.3) is 0 Å². The van der Waals surface area contributed by atoms with Crippen LogP contribution in [0.25, 0.3) is 16.9 Å². The molecule has 1 atom stereocenters. The predicted molar refractivity (Wildman–Crippen MR) is 101 cm³/mol. The summed E-state index contributed by atoms with van der Waals surface area (Å²) in [5.41, 5.74) is 4.37. The molecular formula is C20H19N5O. The van der Waals surface area contributed by atoms with Gasteiger partial charge in [0, 0.05) is 36.6 Å². The number of fused-ring (bicyclic) bond motifs is 1. The number of aliphatic hydroxyl groups excluding tert-OH is 1. The molecule has 4 rings (SSSR count). The van der Waals surface area contributed by atoms with Crippen molar-refractivity contribution < 1.29 is 5.11 Å². The first-order valence-corrected chi connectivity index (χ1v) is 8.45. The van der Waals surface area contributed by atoms with Gasteiger partial charge < -0.3 is 10.4 Å². The van der Waals surface area contributed by atoms with Gasteiger partial charge in [-0.3, -0.25) is 4.98 Å². The molecule has 0 fully saturated rings. The molecule has 130 valence electrons. The van der Waals surface area contributed by atoms with Crippen LogP contribution in [0.1, 0.15) is 17.4 Å². The number of aliphatic hydroxyl groups is 1. The Kier molecular flexibility index (Phi) is 4.33. The monoisotopic (exact) mass is 345 g/mol. The third kappa shape index (κ3) is 3.27. The Morgan fingerprint density at radius 3 is 2.62 bits per heavy atom. The normalized spacial score (nSPS) is 12.2. The van der Waals surface area contributed by atoms with E-state index in [-0.39, 0.29) is 0 Å². The highest BCUT2D eigenvalue weighted by molar-refractivity contribution is 5.66. The summed E-state index contributed by atoms with van der Waals surface area (Å²) < 4.78 is 1.76. The number of pyridine rings is 1. The van der Waals surface area contributed by atoms with Gasteiger partial charge in [-0.1, -0.05) is 30.3 Å². The van der Waals surface area contributed by atoms with Crippen LogP contribution in [0.15, 0.2) is 67.0 Å². The lowest BCUT2D eigenvalue weighted by Crippen LogP contribution is -2.15. The van der Waals surface area contributed by atoms with E-state index in [1.807, 2.05) is 61.5 Å². The van der Waals surface area contributed by atoms with Crippen LogP contribution in [-0.2, 0) is 0 Å². The van der Waals surface area contributed by atoms with Gasteiger partial charge in [0.2, 0.25) is 0 Å². The summed E-state index contributed by atoms with van der Waals surface area (Å²) in [6, 6.07) is 17.5. The average Bonchev–Trinajstić information content (AvgIpc) is 3.07. The van der Waals surface area contributed by atoms with E-state index in [1.54, 1.807) is 16.9 Å². The molecule has 0 aliphatic heterocycles. The second-order valence-electron chi connectivity index (χ2n) is 6.13. The second-order valence-corrected chi connectivity index (χ2v) is 6.13. The Bertz CT molecular complexity index is 1010. The summed E-state index contributed by atoms with van der Waals surface area (Å²) in [5, 5.41) is 18.2. The number of benzene rings is 1. The molecule has 0 aliphatic carbocycles. The van der Waals surface area contributed by atoms with Gasteiger partial charge in [-0.2, -0.15) is 9.61 Å². The highest BCUT2D eigenvalue weighted by atomic mass is 16.3. The maximum atomic E-state index is 10.4.